The summed E-state index contributed by atoms with van der Waals surface area (Å²) in [4.78, 5) is 9.00. The maximum absolute atomic E-state index is 14.7. The number of nitrogens with one attached hydrogen (secondary N) is 2. The number of hydrogen-bond acceptors (Lipinski definition) is 5. The highest BCUT2D eigenvalue weighted by Crippen LogP contribution is 2.22. The lowest BCUT2D eigenvalue weighted by molar-refractivity contribution is 0.270. The van der Waals surface area contributed by atoms with Gasteiger partial charge in [0, 0.05) is 45.0 Å². The number of sulfone groups is 1. The number of guanidine groups is 1. The van der Waals surface area contributed by atoms with Crippen molar-refractivity contribution in [2.45, 2.75) is 39.8 Å². The van der Waals surface area contributed by atoms with Gasteiger partial charge < -0.3 is 20.4 Å². The fraction of sp³-hybridized carbons (Fsp3) is 0.667. The Bertz CT molecular complexity index is 814. The zero-order valence-electron chi connectivity index (χ0n) is 19.0. The Kier molecular flexibility index (Phi) is 12.1. The number of aliphatic imine (C=N–C) groups is 1. The summed E-state index contributed by atoms with van der Waals surface area (Å²) >= 11 is 0. The molecule has 2 rings (SSSR count). The summed E-state index contributed by atoms with van der Waals surface area (Å²) in [6, 6.07) is 5.28. The standard InChI is InChI=1S/C21H36FN5O2S.HI/c1-5-23-21(25-17(3)9-14-30(4,28)29)24-16-18-7-8-20(19(22)15-18)27-12-10-26(6-2)11-13-27;/h7-8,15,17H,5-6,9-14,16H2,1-4H3,(H2,23,24,25);1H. The third kappa shape index (κ3) is 9.90. The molecule has 178 valence electrons. The normalized spacial score (nSPS) is 16.5. The zero-order chi connectivity index (χ0) is 22.1. The molecule has 1 aromatic rings. The molecule has 1 saturated heterocycles. The summed E-state index contributed by atoms with van der Waals surface area (Å²) in [5, 5.41) is 6.37. The number of hydrogen-bond donors (Lipinski definition) is 2. The molecule has 0 saturated carbocycles. The fourth-order valence-electron chi connectivity index (χ4n) is 3.40. The van der Waals surface area contributed by atoms with Crippen LogP contribution in [0.25, 0.3) is 0 Å². The first-order valence-corrected chi connectivity index (χ1v) is 12.8. The van der Waals surface area contributed by atoms with Crippen molar-refractivity contribution >= 4 is 45.5 Å². The molecule has 1 aliphatic rings. The summed E-state index contributed by atoms with van der Waals surface area (Å²) in [5.41, 5.74) is 1.45. The van der Waals surface area contributed by atoms with Crippen LogP contribution in [-0.2, 0) is 16.4 Å². The molecule has 0 aliphatic carbocycles. The molecule has 1 fully saturated rings. The van der Waals surface area contributed by atoms with Crippen molar-refractivity contribution in [3.05, 3.63) is 29.6 Å². The van der Waals surface area contributed by atoms with Gasteiger partial charge in [0.1, 0.15) is 15.7 Å². The van der Waals surface area contributed by atoms with Gasteiger partial charge in [-0.05, 0) is 44.5 Å². The Hall–Kier alpha value is -1.14. The van der Waals surface area contributed by atoms with Gasteiger partial charge in [-0.15, -0.1) is 24.0 Å². The SMILES string of the molecule is CCNC(=NCc1ccc(N2CCN(CC)CC2)c(F)c1)NC(C)CCS(C)(=O)=O.I. The van der Waals surface area contributed by atoms with Crippen LogP contribution < -0.4 is 15.5 Å². The van der Waals surface area contributed by atoms with Crippen LogP contribution in [0, 0.1) is 5.82 Å². The lowest BCUT2D eigenvalue weighted by Gasteiger charge is -2.35. The molecule has 7 nitrogen and oxygen atoms in total. The Morgan fingerprint density at radius 1 is 1.23 bits per heavy atom. The smallest absolute Gasteiger partial charge is 0.191 e. The average Bonchev–Trinajstić information content (AvgIpc) is 2.70. The molecule has 1 heterocycles. The maximum Gasteiger partial charge on any atom is 0.191 e. The third-order valence-electron chi connectivity index (χ3n) is 5.24. The van der Waals surface area contributed by atoms with Gasteiger partial charge >= 0.3 is 0 Å². The summed E-state index contributed by atoms with van der Waals surface area (Å²) < 4.78 is 37.4. The van der Waals surface area contributed by atoms with Crippen LogP contribution in [0.3, 0.4) is 0 Å². The molecule has 1 unspecified atom stereocenters. The van der Waals surface area contributed by atoms with Crippen LogP contribution in [0.2, 0.25) is 0 Å². The number of piperazine rings is 1. The molecule has 2 N–H and O–H groups in total. The second kappa shape index (κ2) is 13.4. The quantitative estimate of drug-likeness (QED) is 0.271. The van der Waals surface area contributed by atoms with Gasteiger partial charge in [-0.1, -0.05) is 13.0 Å². The predicted molar refractivity (Wildman–Crippen MR) is 138 cm³/mol. The van der Waals surface area contributed by atoms with Gasteiger partial charge in [0.25, 0.3) is 0 Å². The van der Waals surface area contributed by atoms with Gasteiger partial charge in [0.2, 0.25) is 0 Å². The second-order valence-corrected chi connectivity index (χ2v) is 10.1. The number of anilines is 1. The van der Waals surface area contributed by atoms with Crippen LogP contribution >= 0.6 is 24.0 Å². The van der Waals surface area contributed by atoms with E-state index < -0.39 is 9.84 Å². The molecule has 31 heavy (non-hydrogen) atoms. The second-order valence-electron chi connectivity index (χ2n) is 7.87. The van der Waals surface area contributed by atoms with Crippen LogP contribution in [0.5, 0.6) is 0 Å². The molecule has 0 spiro atoms. The highest BCUT2D eigenvalue weighted by atomic mass is 127. The van der Waals surface area contributed by atoms with E-state index in [9.17, 15) is 12.8 Å². The van der Waals surface area contributed by atoms with Crippen LogP contribution in [0.1, 0.15) is 32.8 Å². The number of rotatable bonds is 9. The first-order valence-electron chi connectivity index (χ1n) is 10.7. The van der Waals surface area contributed by atoms with Crippen molar-refractivity contribution in [3.63, 3.8) is 0 Å². The number of halogens is 2. The van der Waals surface area contributed by atoms with Crippen molar-refractivity contribution in [2.24, 2.45) is 4.99 Å². The number of nitrogens with zero attached hydrogens (tertiary/aromatic N) is 3. The van der Waals surface area contributed by atoms with Crippen molar-refractivity contribution in [1.82, 2.24) is 15.5 Å². The number of benzene rings is 1. The lowest BCUT2D eigenvalue weighted by Crippen LogP contribution is -2.46. The van der Waals surface area contributed by atoms with E-state index in [-0.39, 0.29) is 41.6 Å². The molecular formula is C21H37FIN5O2S. The molecular weight excluding hydrogens is 532 g/mol. The third-order valence-corrected chi connectivity index (χ3v) is 6.22. The summed E-state index contributed by atoms with van der Waals surface area (Å²) in [6.07, 6.45) is 1.73. The van der Waals surface area contributed by atoms with Crippen LogP contribution in [0.15, 0.2) is 23.2 Å². The van der Waals surface area contributed by atoms with Crippen LogP contribution in [0.4, 0.5) is 10.1 Å². The summed E-state index contributed by atoms with van der Waals surface area (Å²) in [7, 11) is -2.99. The molecule has 10 heteroatoms. The van der Waals surface area contributed by atoms with Gasteiger partial charge in [-0.2, -0.15) is 0 Å². The first kappa shape index (κ1) is 27.9. The van der Waals surface area contributed by atoms with E-state index >= 15 is 0 Å². The zero-order valence-corrected chi connectivity index (χ0v) is 22.2. The van der Waals surface area contributed by atoms with E-state index in [4.69, 9.17) is 0 Å². The molecule has 0 radical (unpaired) electrons. The van der Waals surface area contributed by atoms with Crippen molar-refractivity contribution in [1.29, 1.82) is 0 Å². The molecule has 1 aromatic carbocycles. The highest BCUT2D eigenvalue weighted by Gasteiger charge is 2.18. The van der Waals surface area contributed by atoms with Crippen LogP contribution in [-0.4, -0.2) is 76.6 Å². The summed E-state index contributed by atoms with van der Waals surface area (Å²) in [5.74, 6) is 0.505. The largest absolute Gasteiger partial charge is 0.367 e. The minimum atomic E-state index is -2.99. The summed E-state index contributed by atoms with van der Waals surface area (Å²) in [6.45, 7) is 11.7. The Morgan fingerprint density at radius 2 is 1.90 bits per heavy atom. The van der Waals surface area contributed by atoms with E-state index in [1.807, 2.05) is 26.0 Å². The Labute approximate surface area is 203 Å². The minimum absolute atomic E-state index is 0. The average molecular weight is 570 g/mol. The molecule has 0 aromatic heterocycles. The van der Waals surface area contributed by atoms with E-state index in [0.29, 0.717) is 31.2 Å². The van der Waals surface area contributed by atoms with E-state index in [1.54, 1.807) is 6.07 Å². The Morgan fingerprint density at radius 3 is 2.45 bits per heavy atom. The van der Waals surface area contributed by atoms with E-state index in [1.165, 1.54) is 6.26 Å². The van der Waals surface area contributed by atoms with Gasteiger partial charge in [0.05, 0.1) is 18.0 Å². The van der Waals surface area contributed by atoms with Gasteiger partial charge in [-0.25, -0.2) is 17.8 Å². The fourth-order valence-corrected chi connectivity index (χ4v) is 4.18. The van der Waals surface area contributed by atoms with Crippen molar-refractivity contribution in [3.8, 4) is 0 Å². The molecule has 1 aliphatic heterocycles. The topological polar surface area (TPSA) is 77.0 Å². The molecule has 1 atom stereocenters. The lowest BCUT2D eigenvalue weighted by atomic mass is 10.1. The van der Waals surface area contributed by atoms with Gasteiger partial charge in [-0.3, -0.25) is 0 Å². The minimum Gasteiger partial charge on any atom is -0.367 e. The molecule has 0 bridgehead atoms. The van der Waals surface area contributed by atoms with Gasteiger partial charge in [0.15, 0.2) is 5.96 Å². The van der Waals surface area contributed by atoms with E-state index in [2.05, 4.69) is 32.3 Å². The predicted octanol–water partition coefficient (Wildman–Crippen LogP) is 2.46. The first-order chi connectivity index (χ1) is 14.2. The van der Waals surface area contributed by atoms with Crippen molar-refractivity contribution < 1.29 is 12.8 Å². The molecule has 0 amide bonds. The Balaban J connectivity index is 0.00000480. The monoisotopic (exact) mass is 569 g/mol. The van der Waals surface area contributed by atoms with E-state index in [0.717, 1.165) is 38.3 Å². The maximum atomic E-state index is 14.7. The van der Waals surface area contributed by atoms with Crippen molar-refractivity contribution in [2.75, 3.05) is 56.2 Å². The number of likely N-dealkylation sites (N-methyl/N-ethyl adjacent to an activating group) is 1. The highest BCUT2D eigenvalue weighted by molar-refractivity contribution is 14.0.